The molecule has 7 heteroatoms. The van der Waals surface area contributed by atoms with E-state index in [4.69, 9.17) is 4.98 Å². The van der Waals surface area contributed by atoms with Gasteiger partial charge in [-0.25, -0.2) is 4.98 Å². The first-order valence-corrected chi connectivity index (χ1v) is 11.4. The summed E-state index contributed by atoms with van der Waals surface area (Å²) in [6, 6.07) is 7.46. The van der Waals surface area contributed by atoms with Gasteiger partial charge in [0.25, 0.3) is 5.56 Å². The van der Waals surface area contributed by atoms with Gasteiger partial charge in [0.05, 0.1) is 16.7 Å². The average molecular weight is 414 g/mol. The zero-order valence-electron chi connectivity index (χ0n) is 17.0. The molecule has 0 bridgehead atoms. The summed E-state index contributed by atoms with van der Waals surface area (Å²) in [5.74, 6) is 0.715. The fourth-order valence-electron chi connectivity index (χ4n) is 4.55. The molecule has 2 heterocycles. The van der Waals surface area contributed by atoms with Crippen LogP contribution in [0.25, 0.3) is 10.9 Å². The fourth-order valence-corrected chi connectivity index (χ4v) is 5.48. The van der Waals surface area contributed by atoms with Crippen LogP contribution in [0.5, 0.6) is 0 Å². The molecule has 3 atom stereocenters. The number of para-hydroxylation sites is 1. The predicted molar refractivity (Wildman–Crippen MR) is 114 cm³/mol. The number of benzene rings is 1. The first-order valence-electron chi connectivity index (χ1n) is 10.4. The Bertz CT molecular complexity index is 1000. The summed E-state index contributed by atoms with van der Waals surface area (Å²) in [4.78, 5) is 43.9. The number of hydrogen-bond donors (Lipinski definition) is 0. The van der Waals surface area contributed by atoms with E-state index in [-0.39, 0.29) is 29.2 Å². The van der Waals surface area contributed by atoms with E-state index in [1.807, 2.05) is 28.8 Å². The van der Waals surface area contributed by atoms with Crippen LogP contribution >= 0.6 is 11.8 Å². The minimum atomic E-state index is -0.198. The number of hydrogen-bond acceptors (Lipinski definition) is 5. The molecule has 2 aliphatic rings. The lowest BCUT2D eigenvalue weighted by molar-refractivity contribution is -0.140. The molecule has 0 unspecified atom stereocenters. The van der Waals surface area contributed by atoms with Crippen molar-refractivity contribution < 1.29 is 9.59 Å². The maximum atomic E-state index is 13.4. The second-order valence-electron chi connectivity index (χ2n) is 8.25. The largest absolute Gasteiger partial charge is 0.284 e. The Labute approximate surface area is 174 Å². The van der Waals surface area contributed by atoms with Crippen LogP contribution in [0, 0.1) is 11.8 Å². The molecule has 2 amide bonds. The topological polar surface area (TPSA) is 72.3 Å². The SMILES string of the molecule is C[C@@H]1[C@H](C)CCC[C@@H]1n1c(SCC(=O)N2CCCC2=O)nc2ccccc2c1=O. The van der Waals surface area contributed by atoms with Crippen LogP contribution in [0.4, 0.5) is 0 Å². The predicted octanol–water partition coefficient (Wildman–Crippen LogP) is 3.63. The lowest BCUT2D eigenvalue weighted by atomic mass is 9.78. The number of fused-ring (bicyclic) bond motifs is 1. The normalized spacial score (nSPS) is 25.0. The van der Waals surface area contributed by atoms with Gasteiger partial charge in [0.15, 0.2) is 5.16 Å². The Morgan fingerprint density at radius 1 is 1.17 bits per heavy atom. The van der Waals surface area contributed by atoms with Crippen molar-refractivity contribution in [1.29, 1.82) is 0 Å². The summed E-state index contributed by atoms with van der Waals surface area (Å²) in [6.45, 7) is 4.94. The van der Waals surface area contributed by atoms with E-state index in [0.717, 1.165) is 19.3 Å². The van der Waals surface area contributed by atoms with Gasteiger partial charge in [0, 0.05) is 19.0 Å². The summed E-state index contributed by atoms with van der Waals surface area (Å²) in [7, 11) is 0. The highest BCUT2D eigenvalue weighted by Gasteiger charge is 2.32. The molecular weight excluding hydrogens is 386 g/mol. The standard InChI is InChI=1S/C22H27N3O3S/c1-14-7-5-10-18(15(14)2)25-21(28)16-8-3-4-9-17(16)23-22(25)29-13-20(27)24-12-6-11-19(24)26/h3-4,8-9,14-15,18H,5-7,10-13H2,1-2H3/t14-,15-,18+/m1/s1. The van der Waals surface area contributed by atoms with Gasteiger partial charge in [-0.2, -0.15) is 0 Å². The fraction of sp³-hybridized carbons (Fsp3) is 0.545. The number of carbonyl (C=O) groups excluding carboxylic acids is 2. The van der Waals surface area contributed by atoms with Crippen molar-refractivity contribution in [1.82, 2.24) is 14.5 Å². The number of amides is 2. The Morgan fingerprint density at radius 3 is 2.72 bits per heavy atom. The Balaban J connectivity index is 1.70. The van der Waals surface area contributed by atoms with E-state index in [9.17, 15) is 14.4 Å². The molecule has 0 spiro atoms. The summed E-state index contributed by atoms with van der Waals surface area (Å²) >= 11 is 1.28. The quantitative estimate of drug-likeness (QED) is 0.565. The van der Waals surface area contributed by atoms with E-state index < -0.39 is 0 Å². The lowest BCUT2D eigenvalue weighted by Gasteiger charge is -2.36. The molecule has 1 saturated carbocycles. The van der Waals surface area contributed by atoms with Gasteiger partial charge in [0.1, 0.15) is 0 Å². The molecule has 154 valence electrons. The molecule has 0 N–H and O–H groups in total. The Morgan fingerprint density at radius 2 is 1.97 bits per heavy atom. The van der Waals surface area contributed by atoms with Gasteiger partial charge >= 0.3 is 0 Å². The van der Waals surface area contributed by atoms with Crippen LogP contribution in [-0.2, 0) is 9.59 Å². The van der Waals surface area contributed by atoms with Gasteiger partial charge in [-0.3, -0.25) is 23.9 Å². The number of imide groups is 1. The average Bonchev–Trinajstić information content (AvgIpc) is 3.15. The van der Waals surface area contributed by atoms with E-state index in [1.54, 1.807) is 0 Å². The van der Waals surface area contributed by atoms with Crippen LogP contribution in [-0.4, -0.2) is 38.6 Å². The molecule has 1 aromatic heterocycles. The second-order valence-corrected chi connectivity index (χ2v) is 9.20. The molecule has 6 nitrogen and oxygen atoms in total. The number of rotatable bonds is 4. The number of nitrogens with zero attached hydrogens (tertiary/aromatic N) is 3. The third-order valence-corrected chi connectivity index (χ3v) is 7.41. The molecule has 0 radical (unpaired) electrons. The lowest BCUT2D eigenvalue weighted by Crippen LogP contribution is -2.36. The van der Waals surface area contributed by atoms with Crippen LogP contribution in [0.2, 0.25) is 0 Å². The Hall–Kier alpha value is -2.15. The number of carbonyl (C=O) groups is 2. The van der Waals surface area contributed by atoms with Crippen LogP contribution in [0.15, 0.2) is 34.2 Å². The van der Waals surface area contributed by atoms with E-state index in [1.165, 1.54) is 23.1 Å². The molecule has 1 saturated heterocycles. The highest BCUT2D eigenvalue weighted by atomic mass is 32.2. The first kappa shape index (κ1) is 20.1. The van der Waals surface area contributed by atoms with Crippen molar-refractivity contribution in [2.75, 3.05) is 12.3 Å². The molecule has 1 aliphatic carbocycles. The van der Waals surface area contributed by atoms with Gasteiger partial charge < -0.3 is 0 Å². The van der Waals surface area contributed by atoms with Crippen molar-refractivity contribution in [2.45, 2.75) is 57.1 Å². The van der Waals surface area contributed by atoms with Crippen LogP contribution in [0.1, 0.15) is 52.0 Å². The van der Waals surface area contributed by atoms with Crippen molar-refractivity contribution in [3.63, 3.8) is 0 Å². The van der Waals surface area contributed by atoms with Crippen molar-refractivity contribution in [3.05, 3.63) is 34.6 Å². The van der Waals surface area contributed by atoms with Gasteiger partial charge in [-0.1, -0.05) is 50.6 Å². The summed E-state index contributed by atoms with van der Waals surface area (Å²) in [6.07, 6.45) is 4.36. The second kappa shape index (κ2) is 8.30. The van der Waals surface area contributed by atoms with Gasteiger partial charge in [-0.15, -0.1) is 0 Å². The summed E-state index contributed by atoms with van der Waals surface area (Å²) < 4.78 is 1.83. The first-order chi connectivity index (χ1) is 14.0. The smallest absolute Gasteiger partial charge is 0.262 e. The minimum absolute atomic E-state index is 0.0336. The van der Waals surface area contributed by atoms with Crippen LogP contribution < -0.4 is 5.56 Å². The highest BCUT2D eigenvalue weighted by Crippen LogP contribution is 2.38. The molecule has 29 heavy (non-hydrogen) atoms. The molecule has 2 aromatic rings. The maximum absolute atomic E-state index is 13.4. The van der Waals surface area contributed by atoms with E-state index in [0.29, 0.717) is 40.9 Å². The van der Waals surface area contributed by atoms with Crippen molar-refractivity contribution in [3.8, 4) is 0 Å². The van der Waals surface area contributed by atoms with Crippen molar-refractivity contribution in [2.24, 2.45) is 11.8 Å². The van der Waals surface area contributed by atoms with E-state index in [2.05, 4.69) is 13.8 Å². The van der Waals surface area contributed by atoms with Crippen LogP contribution in [0.3, 0.4) is 0 Å². The summed E-state index contributed by atoms with van der Waals surface area (Å²) in [5, 5.41) is 1.20. The highest BCUT2D eigenvalue weighted by molar-refractivity contribution is 7.99. The maximum Gasteiger partial charge on any atom is 0.262 e. The number of thioether (sulfide) groups is 1. The summed E-state index contributed by atoms with van der Waals surface area (Å²) in [5.41, 5.74) is 0.617. The third-order valence-electron chi connectivity index (χ3n) is 6.47. The zero-order valence-corrected chi connectivity index (χ0v) is 17.8. The molecule has 1 aromatic carbocycles. The molecular formula is C22H27N3O3S. The Kier molecular flexibility index (Phi) is 5.76. The zero-order chi connectivity index (χ0) is 20.5. The minimum Gasteiger partial charge on any atom is -0.284 e. The number of likely N-dealkylation sites (tertiary alicyclic amines) is 1. The monoisotopic (exact) mass is 413 g/mol. The van der Waals surface area contributed by atoms with Crippen molar-refractivity contribution >= 4 is 34.5 Å². The van der Waals surface area contributed by atoms with Gasteiger partial charge in [0.2, 0.25) is 11.8 Å². The molecule has 4 rings (SSSR count). The number of aromatic nitrogens is 2. The van der Waals surface area contributed by atoms with Gasteiger partial charge in [-0.05, 0) is 36.8 Å². The molecule has 1 aliphatic heterocycles. The third kappa shape index (κ3) is 3.84. The molecule has 2 fully saturated rings. The van der Waals surface area contributed by atoms with E-state index >= 15 is 0 Å².